The van der Waals surface area contributed by atoms with E-state index in [0.717, 1.165) is 37.2 Å². The minimum atomic E-state index is -3.37. The summed E-state index contributed by atoms with van der Waals surface area (Å²) in [6.45, 7) is 5.80. The van der Waals surface area contributed by atoms with E-state index < -0.39 is 10.0 Å². The van der Waals surface area contributed by atoms with Crippen molar-refractivity contribution in [3.05, 3.63) is 16.3 Å². The van der Waals surface area contributed by atoms with Crippen LogP contribution in [0.3, 0.4) is 0 Å². The molecule has 0 bridgehead atoms. The van der Waals surface area contributed by atoms with Gasteiger partial charge in [0.1, 0.15) is 0 Å². The van der Waals surface area contributed by atoms with Gasteiger partial charge in [0.05, 0.1) is 4.90 Å². The SMILES string of the molecule is CCCNCc1cc(S(=O)(=O)NC(C)C2CCCC2)cs1. The van der Waals surface area contributed by atoms with Crippen LogP contribution in [0, 0.1) is 5.92 Å². The number of rotatable bonds is 8. The molecule has 0 radical (unpaired) electrons. The van der Waals surface area contributed by atoms with Crippen molar-refractivity contribution in [3.63, 3.8) is 0 Å². The van der Waals surface area contributed by atoms with E-state index in [2.05, 4.69) is 17.0 Å². The molecular weight excluding hydrogens is 304 g/mol. The lowest BCUT2D eigenvalue weighted by atomic mass is 10.0. The molecule has 1 aliphatic rings. The first kappa shape index (κ1) is 16.9. The Kier molecular flexibility index (Phi) is 6.22. The molecule has 1 unspecified atom stereocenters. The van der Waals surface area contributed by atoms with E-state index in [1.54, 1.807) is 11.4 Å². The van der Waals surface area contributed by atoms with Crippen LogP contribution in [-0.2, 0) is 16.6 Å². The van der Waals surface area contributed by atoms with Crippen molar-refractivity contribution in [1.82, 2.24) is 10.0 Å². The molecular formula is C15H26N2O2S2. The summed E-state index contributed by atoms with van der Waals surface area (Å²) >= 11 is 1.50. The molecule has 2 rings (SSSR count). The highest BCUT2D eigenvalue weighted by Crippen LogP contribution is 2.28. The topological polar surface area (TPSA) is 58.2 Å². The number of nitrogens with one attached hydrogen (secondary N) is 2. The summed E-state index contributed by atoms with van der Waals surface area (Å²) in [5, 5.41) is 5.04. The first-order valence-electron chi connectivity index (χ1n) is 7.83. The van der Waals surface area contributed by atoms with E-state index in [9.17, 15) is 8.42 Å². The van der Waals surface area contributed by atoms with Gasteiger partial charge < -0.3 is 5.32 Å². The lowest BCUT2D eigenvalue weighted by Gasteiger charge is -2.19. The quantitative estimate of drug-likeness (QED) is 0.720. The minimum Gasteiger partial charge on any atom is -0.312 e. The van der Waals surface area contributed by atoms with Crippen LogP contribution >= 0.6 is 11.3 Å². The van der Waals surface area contributed by atoms with E-state index in [1.165, 1.54) is 24.2 Å². The van der Waals surface area contributed by atoms with Crippen molar-refractivity contribution in [3.8, 4) is 0 Å². The van der Waals surface area contributed by atoms with Crippen molar-refractivity contribution in [2.45, 2.75) is 63.4 Å². The highest BCUT2D eigenvalue weighted by Gasteiger charge is 2.26. The van der Waals surface area contributed by atoms with Crippen molar-refractivity contribution in [2.75, 3.05) is 6.54 Å². The van der Waals surface area contributed by atoms with Gasteiger partial charge in [-0.2, -0.15) is 0 Å². The van der Waals surface area contributed by atoms with Gasteiger partial charge in [0.2, 0.25) is 10.0 Å². The molecule has 1 aromatic rings. The molecule has 21 heavy (non-hydrogen) atoms. The third-order valence-corrected chi connectivity index (χ3v) is 6.74. The number of hydrogen-bond acceptors (Lipinski definition) is 4. The summed E-state index contributed by atoms with van der Waals surface area (Å²) in [6.07, 6.45) is 5.81. The molecule has 0 saturated heterocycles. The van der Waals surface area contributed by atoms with Crippen LogP contribution in [0.5, 0.6) is 0 Å². The second-order valence-corrected chi connectivity index (χ2v) is 8.59. The van der Waals surface area contributed by atoms with Gasteiger partial charge in [0.25, 0.3) is 0 Å². The van der Waals surface area contributed by atoms with Gasteiger partial charge in [-0.05, 0) is 44.7 Å². The Bertz CT molecular complexity index is 534. The predicted octanol–water partition coefficient (Wildman–Crippen LogP) is 3.10. The molecule has 0 aromatic carbocycles. The third kappa shape index (κ3) is 4.77. The van der Waals surface area contributed by atoms with Crippen LogP contribution in [-0.4, -0.2) is 21.0 Å². The van der Waals surface area contributed by atoms with Gasteiger partial charge in [-0.15, -0.1) is 11.3 Å². The molecule has 1 aliphatic carbocycles. The molecule has 120 valence electrons. The molecule has 6 heteroatoms. The molecule has 1 fully saturated rings. The van der Waals surface area contributed by atoms with Gasteiger partial charge in [0.15, 0.2) is 0 Å². The summed E-state index contributed by atoms with van der Waals surface area (Å²) in [6, 6.07) is 1.82. The summed E-state index contributed by atoms with van der Waals surface area (Å²) in [5.74, 6) is 0.490. The normalized spacial score (nSPS) is 18.2. The lowest BCUT2D eigenvalue weighted by Crippen LogP contribution is -2.37. The van der Waals surface area contributed by atoms with Crippen molar-refractivity contribution in [2.24, 2.45) is 5.92 Å². The number of thiophene rings is 1. The van der Waals surface area contributed by atoms with Crippen LogP contribution in [0.1, 0.15) is 50.8 Å². The number of hydrogen-bond donors (Lipinski definition) is 2. The van der Waals surface area contributed by atoms with Crippen LogP contribution in [0.25, 0.3) is 0 Å². The highest BCUT2D eigenvalue weighted by molar-refractivity contribution is 7.89. The molecule has 0 aliphatic heterocycles. The van der Waals surface area contributed by atoms with Crippen LogP contribution in [0.4, 0.5) is 0 Å². The first-order chi connectivity index (χ1) is 10.0. The van der Waals surface area contributed by atoms with Crippen molar-refractivity contribution >= 4 is 21.4 Å². The fraction of sp³-hybridized carbons (Fsp3) is 0.733. The molecule has 1 aromatic heterocycles. The van der Waals surface area contributed by atoms with Gasteiger partial charge in [-0.3, -0.25) is 0 Å². The zero-order valence-corrected chi connectivity index (χ0v) is 14.5. The van der Waals surface area contributed by atoms with E-state index in [0.29, 0.717) is 10.8 Å². The van der Waals surface area contributed by atoms with Crippen LogP contribution in [0.15, 0.2) is 16.3 Å². The average Bonchev–Trinajstić information content (AvgIpc) is 3.10. The maximum absolute atomic E-state index is 12.4. The van der Waals surface area contributed by atoms with E-state index in [-0.39, 0.29) is 6.04 Å². The summed E-state index contributed by atoms with van der Waals surface area (Å²) in [5.41, 5.74) is 0. The Hall–Kier alpha value is -0.430. The van der Waals surface area contributed by atoms with Crippen LogP contribution < -0.4 is 10.0 Å². The standard InChI is InChI=1S/C15H26N2O2S2/c1-3-8-16-10-14-9-15(11-20-14)21(18,19)17-12(2)13-6-4-5-7-13/h9,11-13,16-17H,3-8,10H2,1-2H3. The summed E-state index contributed by atoms with van der Waals surface area (Å²) < 4.78 is 27.7. The van der Waals surface area contributed by atoms with E-state index in [4.69, 9.17) is 0 Å². The molecule has 4 nitrogen and oxygen atoms in total. The molecule has 1 atom stereocenters. The molecule has 1 heterocycles. The molecule has 0 amide bonds. The monoisotopic (exact) mass is 330 g/mol. The summed E-state index contributed by atoms with van der Waals surface area (Å²) in [7, 11) is -3.37. The second kappa shape index (κ2) is 7.72. The lowest BCUT2D eigenvalue weighted by molar-refractivity contribution is 0.424. The minimum absolute atomic E-state index is 0.0269. The average molecular weight is 331 g/mol. The van der Waals surface area contributed by atoms with Crippen molar-refractivity contribution in [1.29, 1.82) is 0 Å². The zero-order valence-electron chi connectivity index (χ0n) is 12.9. The third-order valence-electron chi connectivity index (χ3n) is 4.11. The second-order valence-electron chi connectivity index (χ2n) is 5.88. The van der Waals surface area contributed by atoms with E-state index in [1.807, 2.05) is 6.92 Å². The Labute approximate surface area is 132 Å². The molecule has 2 N–H and O–H groups in total. The van der Waals surface area contributed by atoms with Gasteiger partial charge in [0, 0.05) is 22.8 Å². The summed E-state index contributed by atoms with van der Waals surface area (Å²) in [4.78, 5) is 1.47. The van der Waals surface area contributed by atoms with Crippen molar-refractivity contribution < 1.29 is 8.42 Å². The van der Waals surface area contributed by atoms with Gasteiger partial charge in [-0.25, -0.2) is 13.1 Å². The molecule has 0 spiro atoms. The molecule has 1 saturated carbocycles. The maximum Gasteiger partial charge on any atom is 0.241 e. The largest absolute Gasteiger partial charge is 0.312 e. The first-order valence-corrected chi connectivity index (χ1v) is 10.2. The maximum atomic E-state index is 12.4. The Morgan fingerprint density at radius 3 is 2.76 bits per heavy atom. The predicted molar refractivity (Wildman–Crippen MR) is 88.1 cm³/mol. The van der Waals surface area contributed by atoms with Gasteiger partial charge in [-0.1, -0.05) is 19.8 Å². The fourth-order valence-electron chi connectivity index (χ4n) is 2.85. The number of sulfonamides is 1. The van der Waals surface area contributed by atoms with E-state index >= 15 is 0 Å². The fourth-order valence-corrected chi connectivity index (χ4v) is 5.41. The zero-order chi connectivity index (χ0) is 15.3. The highest BCUT2D eigenvalue weighted by atomic mass is 32.2. The Balaban J connectivity index is 1.95. The Morgan fingerprint density at radius 1 is 1.38 bits per heavy atom. The van der Waals surface area contributed by atoms with Crippen LogP contribution in [0.2, 0.25) is 0 Å². The smallest absolute Gasteiger partial charge is 0.241 e. The Morgan fingerprint density at radius 2 is 2.10 bits per heavy atom. The van der Waals surface area contributed by atoms with Gasteiger partial charge >= 0.3 is 0 Å².